The lowest BCUT2D eigenvalue weighted by Gasteiger charge is -2.02. The maximum atomic E-state index is 5.45. The number of hydrogen-bond acceptors (Lipinski definition) is 1. The Morgan fingerprint density at radius 3 is 2.82 bits per heavy atom. The normalized spacial score (nSPS) is 9.64. The Bertz CT molecular complexity index is 263. The van der Waals surface area contributed by atoms with Gasteiger partial charge in [0.05, 0.1) is 0 Å². The minimum atomic E-state index is 0.531. The zero-order valence-electron chi connectivity index (χ0n) is 6.80. The van der Waals surface area contributed by atoms with E-state index in [1.807, 2.05) is 12.1 Å². The van der Waals surface area contributed by atoms with Gasteiger partial charge in [0, 0.05) is 6.54 Å². The smallest absolute Gasteiger partial charge is 0.0178 e. The van der Waals surface area contributed by atoms with Gasteiger partial charge < -0.3 is 5.73 Å². The van der Waals surface area contributed by atoms with Crippen LogP contribution in [0.25, 0.3) is 5.57 Å². The summed E-state index contributed by atoms with van der Waals surface area (Å²) in [7, 11) is 0. The fourth-order valence-electron chi connectivity index (χ4n) is 0.983. The van der Waals surface area contributed by atoms with Crippen LogP contribution in [0.1, 0.15) is 11.1 Å². The predicted molar refractivity (Wildman–Crippen MR) is 49.3 cm³/mol. The molecule has 1 heteroatoms. The molecule has 0 fully saturated rings. The third-order valence-corrected chi connectivity index (χ3v) is 1.67. The van der Waals surface area contributed by atoms with Crippen LogP contribution in [0.2, 0.25) is 0 Å². The molecular weight excluding hydrogens is 134 g/mol. The fourth-order valence-corrected chi connectivity index (χ4v) is 0.983. The van der Waals surface area contributed by atoms with Gasteiger partial charge in [-0.1, -0.05) is 36.4 Å². The van der Waals surface area contributed by atoms with Gasteiger partial charge in [-0.2, -0.15) is 0 Å². The predicted octanol–water partition coefficient (Wildman–Crippen LogP) is 1.97. The first-order valence-electron chi connectivity index (χ1n) is 3.69. The summed E-state index contributed by atoms with van der Waals surface area (Å²) >= 11 is 0. The molecule has 2 N–H and O–H groups in total. The van der Waals surface area contributed by atoms with Crippen LogP contribution in [-0.4, -0.2) is 6.54 Å². The second kappa shape index (κ2) is 3.35. The van der Waals surface area contributed by atoms with Gasteiger partial charge in [-0.15, -0.1) is 0 Å². The van der Waals surface area contributed by atoms with Gasteiger partial charge in [-0.25, -0.2) is 0 Å². The first-order valence-corrected chi connectivity index (χ1v) is 3.69. The average Bonchev–Trinajstić information content (AvgIpc) is 2.03. The molecule has 0 saturated heterocycles. The highest BCUT2D eigenvalue weighted by Gasteiger charge is 1.94. The molecule has 58 valence electrons. The summed E-state index contributed by atoms with van der Waals surface area (Å²) in [6, 6.07) is 8.20. The van der Waals surface area contributed by atoms with E-state index in [-0.39, 0.29) is 0 Å². The third-order valence-electron chi connectivity index (χ3n) is 1.67. The van der Waals surface area contributed by atoms with Gasteiger partial charge in [-0.05, 0) is 18.1 Å². The van der Waals surface area contributed by atoms with Crippen LogP contribution in [0.15, 0.2) is 30.8 Å². The molecule has 0 radical (unpaired) electrons. The van der Waals surface area contributed by atoms with Crippen molar-refractivity contribution < 1.29 is 0 Å². The summed E-state index contributed by atoms with van der Waals surface area (Å²) in [5.74, 6) is 0. The second-order valence-electron chi connectivity index (χ2n) is 2.68. The lowest BCUT2D eigenvalue weighted by atomic mass is 10.1. The van der Waals surface area contributed by atoms with Gasteiger partial charge in [0.1, 0.15) is 0 Å². The maximum absolute atomic E-state index is 5.45. The molecule has 0 unspecified atom stereocenters. The van der Waals surface area contributed by atoms with Crippen molar-refractivity contribution in [3.63, 3.8) is 0 Å². The first-order chi connectivity index (χ1) is 5.24. The van der Waals surface area contributed by atoms with E-state index in [2.05, 4.69) is 25.6 Å². The Hall–Kier alpha value is -1.08. The van der Waals surface area contributed by atoms with Crippen molar-refractivity contribution in [3.05, 3.63) is 42.0 Å². The zero-order chi connectivity index (χ0) is 8.27. The Morgan fingerprint density at radius 1 is 1.55 bits per heavy atom. The second-order valence-corrected chi connectivity index (χ2v) is 2.68. The summed E-state index contributed by atoms with van der Waals surface area (Å²) in [4.78, 5) is 0. The van der Waals surface area contributed by atoms with Crippen molar-refractivity contribution in [2.45, 2.75) is 6.92 Å². The Morgan fingerprint density at radius 2 is 2.27 bits per heavy atom. The van der Waals surface area contributed by atoms with E-state index in [0.29, 0.717) is 6.54 Å². The van der Waals surface area contributed by atoms with Gasteiger partial charge in [0.15, 0.2) is 0 Å². The molecule has 0 atom stereocenters. The van der Waals surface area contributed by atoms with E-state index in [4.69, 9.17) is 5.73 Å². The summed E-state index contributed by atoms with van der Waals surface area (Å²) in [5, 5.41) is 0. The zero-order valence-corrected chi connectivity index (χ0v) is 6.80. The summed E-state index contributed by atoms with van der Waals surface area (Å²) < 4.78 is 0. The number of aryl methyl sites for hydroxylation is 1. The highest BCUT2D eigenvalue weighted by atomic mass is 14.5. The molecule has 1 aromatic carbocycles. The molecule has 1 rings (SSSR count). The standard InChI is InChI=1S/C10H13N/c1-8-4-3-5-10(6-8)9(2)7-11/h3-6H,2,7,11H2,1H3. The molecule has 0 spiro atoms. The Kier molecular flexibility index (Phi) is 2.44. The van der Waals surface area contributed by atoms with Gasteiger partial charge >= 0.3 is 0 Å². The number of hydrogen-bond donors (Lipinski definition) is 1. The van der Waals surface area contributed by atoms with E-state index in [9.17, 15) is 0 Å². The van der Waals surface area contributed by atoms with Gasteiger partial charge in [-0.3, -0.25) is 0 Å². The van der Waals surface area contributed by atoms with E-state index < -0.39 is 0 Å². The van der Waals surface area contributed by atoms with Crippen LogP contribution in [0.3, 0.4) is 0 Å². The quantitative estimate of drug-likeness (QED) is 0.680. The van der Waals surface area contributed by atoms with Gasteiger partial charge in [0.25, 0.3) is 0 Å². The molecule has 1 aromatic rings. The molecule has 0 aliphatic carbocycles. The van der Waals surface area contributed by atoms with Crippen molar-refractivity contribution in [3.8, 4) is 0 Å². The fraction of sp³-hybridized carbons (Fsp3) is 0.200. The van der Waals surface area contributed by atoms with Crippen molar-refractivity contribution in [1.82, 2.24) is 0 Å². The highest BCUT2D eigenvalue weighted by Crippen LogP contribution is 2.11. The van der Waals surface area contributed by atoms with Crippen LogP contribution in [0.5, 0.6) is 0 Å². The Labute approximate surface area is 67.5 Å². The summed E-state index contributed by atoms with van der Waals surface area (Å²) in [5.41, 5.74) is 8.84. The average molecular weight is 147 g/mol. The van der Waals surface area contributed by atoms with Crippen LogP contribution in [0.4, 0.5) is 0 Å². The molecule has 0 saturated carbocycles. The van der Waals surface area contributed by atoms with Crippen molar-refractivity contribution >= 4 is 5.57 Å². The van der Waals surface area contributed by atoms with Crippen LogP contribution in [-0.2, 0) is 0 Å². The van der Waals surface area contributed by atoms with Crippen molar-refractivity contribution in [2.24, 2.45) is 5.73 Å². The molecule has 0 aromatic heterocycles. The molecular formula is C10H13N. The largest absolute Gasteiger partial charge is 0.326 e. The van der Waals surface area contributed by atoms with Crippen LogP contribution in [0, 0.1) is 6.92 Å². The molecule has 1 nitrogen and oxygen atoms in total. The SMILES string of the molecule is C=C(CN)c1cccc(C)c1. The highest BCUT2D eigenvalue weighted by molar-refractivity contribution is 5.64. The van der Waals surface area contributed by atoms with Crippen molar-refractivity contribution in [1.29, 1.82) is 0 Å². The number of benzene rings is 1. The minimum Gasteiger partial charge on any atom is -0.326 e. The van der Waals surface area contributed by atoms with Gasteiger partial charge in [0.2, 0.25) is 0 Å². The molecule has 0 aliphatic rings. The topological polar surface area (TPSA) is 26.0 Å². The van der Waals surface area contributed by atoms with E-state index in [0.717, 1.165) is 11.1 Å². The molecule has 0 heterocycles. The number of nitrogens with two attached hydrogens (primary N) is 1. The lowest BCUT2D eigenvalue weighted by molar-refractivity contribution is 1.27. The van der Waals surface area contributed by atoms with Crippen LogP contribution < -0.4 is 5.73 Å². The van der Waals surface area contributed by atoms with Crippen LogP contribution >= 0.6 is 0 Å². The maximum Gasteiger partial charge on any atom is 0.0178 e. The summed E-state index contributed by atoms with van der Waals surface area (Å²) in [6.45, 7) is 6.45. The number of rotatable bonds is 2. The summed E-state index contributed by atoms with van der Waals surface area (Å²) in [6.07, 6.45) is 0. The first kappa shape index (κ1) is 8.02. The lowest BCUT2D eigenvalue weighted by Crippen LogP contribution is -2.00. The monoisotopic (exact) mass is 147 g/mol. The van der Waals surface area contributed by atoms with E-state index in [1.54, 1.807) is 0 Å². The molecule has 0 amide bonds. The minimum absolute atomic E-state index is 0.531. The third kappa shape index (κ3) is 1.92. The van der Waals surface area contributed by atoms with Crippen molar-refractivity contribution in [2.75, 3.05) is 6.54 Å². The Balaban J connectivity index is 2.96. The molecule has 11 heavy (non-hydrogen) atoms. The molecule has 0 bridgehead atoms. The van der Waals surface area contributed by atoms with E-state index in [1.165, 1.54) is 5.56 Å². The van der Waals surface area contributed by atoms with E-state index >= 15 is 0 Å². The molecule has 0 aliphatic heterocycles.